The van der Waals surface area contributed by atoms with Gasteiger partial charge in [-0.15, -0.1) is 0 Å². The third kappa shape index (κ3) is 5.40. The van der Waals surface area contributed by atoms with Gasteiger partial charge in [-0.25, -0.2) is 0 Å². The molecule has 0 bridgehead atoms. The van der Waals surface area contributed by atoms with Gasteiger partial charge in [-0.1, -0.05) is 18.2 Å². The number of nitrogens with zero attached hydrogens (tertiary/aromatic N) is 1. The number of carbonyl (C=O) groups is 2. The van der Waals surface area contributed by atoms with Crippen LogP contribution in [0.4, 0.5) is 0 Å². The number of carbonyl (C=O) groups excluding carboxylic acids is 2. The summed E-state index contributed by atoms with van der Waals surface area (Å²) >= 11 is 4.96. The predicted octanol–water partition coefficient (Wildman–Crippen LogP) is -0.346. The highest BCUT2D eigenvalue weighted by Gasteiger charge is 2.14. The van der Waals surface area contributed by atoms with E-state index in [2.05, 4.69) is 16.2 Å². The molecule has 22 heavy (non-hydrogen) atoms. The van der Waals surface area contributed by atoms with Gasteiger partial charge in [-0.2, -0.15) is 0 Å². The molecule has 1 aliphatic heterocycles. The van der Waals surface area contributed by atoms with Crippen LogP contribution in [0.2, 0.25) is 0 Å². The fraction of sp³-hybridized carbons (Fsp3) is 0.357. The summed E-state index contributed by atoms with van der Waals surface area (Å²) in [6.07, 6.45) is 0. The predicted molar refractivity (Wildman–Crippen MR) is 85.0 cm³/mol. The van der Waals surface area contributed by atoms with Crippen LogP contribution in [0.1, 0.15) is 10.4 Å². The second-order valence-electron chi connectivity index (χ2n) is 4.71. The minimum atomic E-state index is -0.333. The molecule has 8 heteroatoms. The maximum Gasteiger partial charge on any atom is 0.257 e. The van der Waals surface area contributed by atoms with Crippen LogP contribution in [0.3, 0.4) is 0 Å². The molecular formula is C14H18N4O3S. The van der Waals surface area contributed by atoms with Crippen molar-refractivity contribution in [3.8, 4) is 0 Å². The summed E-state index contributed by atoms with van der Waals surface area (Å²) in [5, 5.41) is 2.53. The second-order valence-corrected chi connectivity index (χ2v) is 5.12. The zero-order valence-corrected chi connectivity index (χ0v) is 12.8. The van der Waals surface area contributed by atoms with E-state index in [9.17, 15) is 9.59 Å². The minimum absolute atomic E-state index is 0.0455. The fourth-order valence-electron chi connectivity index (χ4n) is 1.92. The van der Waals surface area contributed by atoms with Crippen molar-refractivity contribution >= 4 is 29.1 Å². The molecule has 0 radical (unpaired) electrons. The van der Waals surface area contributed by atoms with Crippen LogP contribution >= 0.6 is 12.2 Å². The molecule has 1 heterocycles. The van der Waals surface area contributed by atoms with Gasteiger partial charge in [-0.3, -0.25) is 30.7 Å². The molecule has 7 nitrogen and oxygen atoms in total. The van der Waals surface area contributed by atoms with Crippen LogP contribution in [-0.4, -0.2) is 54.7 Å². The number of hydrogen-bond acceptors (Lipinski definition) is 5. The van der Waals surface area contributed by atoms with Gasteiger partial charge in [0.1, 0.15) is 0 Å². The maximum absolute atomic E-state index is 11.8. The second kappa shape index (κ2) is 8.42. The van der Waals surface area contributed by atoms with Crippen molar-refractivity contribution in [2.75, 3.05) is 32.8 Å². The largest absolute Gasteiger partial charge is 0.379 e. The maximum atomic E-state index is 11.8. The SMILES string of the molecule is O=C(CN1CCOCC1)NNC(=S)NC(=O)c1ccccc1. The Labute approximate surface area is 134 Å². The Balaban J connectivity index is 1.68. The molecule has 0 saturated carbocycles. The van der Waals surface area contributed by atoms with Gasteiger partial charge in [0.25, 0.3) is 11.8 Å². The van der Waals surface area contributed by atoms with E-state index >= 15 is 0 Å². The summed E-state index contributed by atoms with van der Waals surface area (Å²) in [5.41, 5.74) is 5.47. The first-order valence-electron chi connectivity index (χ1n) is 6.90. The molecule has 1 aliphatic rings. The lowest BCUT2D eigenvalue weighted by Gasteiger charge is -2.25. The van der Waals surface area contributed by atoms with Crippen LogP contribution in [0, 0.1) is 0 Å². The Bertz CT molecular complexity index is 532. The van der Waals surface area contributed by atoms with Crippen molar-refractivity contribution in [3.05, 3.63) is 35.9 Å². The van der Waals surface area contributed by atoms with E-state index < -0.39 is 0 Å². The standard InChI is InChI=1S/C14H18N4O3S/c19-12(10-18-6-8-21-9-7-18)16-17-14(22)15-13(20)11-4-2-1-3-5-11/h1-5H,6-10H2,(H,16,19)(H2,15,17,20,22). The van der Waals surface area contributed by atoms with Gasteiger partial charge >= 0.3 is 0 Å². The minimum Gasteiger partial charge on any atom is -0.379 e. The molecule has 2 rings (SSSR count). The normalized spacial score (nSPS) is 14.9. The van der Waals surface area contributed by atoms with E-state index in [1.807, 2.05) is 11.0 Å². The third-order valence-electron chi connectivity index (χ3n) is 3.05. The quantitative estimate of drug-likeness (QED) is 0.521. The average Bonchev–Trinajstić information content (AvgIpc) is 2.55. The van der Waals surface area contributed by atoms with Crippen molar-refractivity contribution < 1.29 is 14.3 Å². The Hall–Kier alpha value is -2.03. The summed E-state index contributed by atoms with van der Waals surface area (Å²) in [5.74, 6) is -0.557. The molecule has 1 saturated heterocycles. The first-order chi connectivity index (χ1) is 10.6. The van der Waals surface area contributed by atoms with Crippen LogP contribution < -0.4 is 16.2 Å². The first-order valence-corrected chi connectivity index (χ1v) is 7.31. The highest BCUT2D eigenvalue weighted by molar-refractivity contribution is 7.80. The van der Waals surface area contributed by atoms with Crippen molar-refractivity contribution in [2.24, 2.45) is 0 Å². The molecular weight excluding hydrogens is 304 g/mol. The molecule has 1 fully saturated rings. The Morgan fingerprint density at radius 1 is 1.14 bits per heavy atom. The van der Waals surface area contributed by atoms with Crippen molar-refractivity contribution in [1.82, 2.24) is 21.1 Å². The number of benzene rings is 1. The van der Waals surface area contributed by atoms with Crippen molar-refractivity contribution in [2.45, 2.75) is 0 Å². The zero-order valence-electron chi connectivity index (χ0n) is 12.0. The summed E-state index contributed by atoms with van der Waals surface area (Å²) in [4.78, 5) is 25.6. The van der Waals surface area contributed by atoms with Gasteiger partial charge in [-0.05, 0) is 24.4 Å². The summed E-state index contributed by atoms with van der Waals surface area (Å²) in [7, 11) is 0. The zero-order chi connectivity index (χ0) is 15.8. The van der Waals surface area contributed by atoms with E-state index in [1.165, 1.54) is 0 Å². The molecule has 1 aromatic carbocycles. The van der Waals surface area contributed by atoms with E-state index in [1.54, 1.807) is 24.3 Å². The molecule has 0 spiro atoms. The topological polar surface area (TPSA) is 82.7 Å². The molecule has 0 atom stereocenters. The van der Waals surface area contributed by atoms with Gasteiger partial charge in [0.15, 0.2) is 5.11 Å². The lowest BCUT2D eigenvalue weighted by atomic mass is 10.2. The monoisotopic (exact) mass is 322 g/mol. The molecule has 0 aromatic heterocycles. The Morgan fingerprint density at radius 2 is 1.82 bits per heavy atom. The number of hydrazine groups is 1. The smallest absolute Gasteiger partial charge is 0.257 e. The average molecular weight is 322 g/mol. The molecule has 3 N–H and O–H groups in total. The number of nitrogens with one attached hydrogen (secondary N) is 3. The number of rotatable bonds is 3. The van der Waals surface area contributed by atoms with Crippen LogP contribution in [-0.2, 0) is 9.53 Å². The van der Waals surface area contributed by atoms with E-state index in [0.717, 1.165) is 13.1 Å². The van der Waals surface area contributed by atoms with Gasteiger partial charge < -0.3 is 4.74 Å². The van der Waals surface area contributed by atoms with Crippen molar-refractivity contribution in [1.29, 1.82) is 0 Å². The Morgan fingerprint density at radius 3 is 2.50 bits per heavy atom. The highest BCUT2D eigenvalue weighted by atomic mass is 32.1. The van der Waals surface area contributed by atoms with Gasteiger partial charge in [0, 0.05) is 18.7 Å². The molecule has 2 amide bonds. The summed E-state index contributed by atoms with van der Waals surface area (Å²) in [6.45, 7) is 2.97. The number of hydrogen-bond donors (Lipinski definition) is 3. The molecule has 0 aliphatic carbocycles. The summed E-state index contributed by atoms with van der Waals surface area (Å²) < 4.78 is 5.21. The number of amides is 2. The van der Waals surface area contributed by atoms with E-state index in [-0.39, 0.29) is 23.5 Å². The van der Waals surface area contributed by atoms with E-state index in [0.29, 0.717) is 18.8 Å². The van der Waals surface area contributed by atoms with Gasteiger partial charge in [0.05, 0.1) is 19.8 Å². The number of ether oxygens (including phenoxy) is 1. The molecule has 1 aromatic rings. The summed E-state index contributed by atoms with van der Waals surface area (Å²) in [6, 6.07) is 8.69. The first kappa shape index (κ1) is 16.3. The molecule has 118 valence electrons. The number of morpholine rings is 1. The van der Waals surface area contributed by atoms with Crippen LogP contribution in [0.5, 0.6) is 0 Å². The Kier molecular flexibility index (Phi) is 6.26. The fourth-order valence-corrected chi connectivity index (χ4v) is 2.07. The lowest BCUT2D eigenvalue weighted by molar-refractivity contribution is -0.123. The highest BCUT2D eigenvalue weighted by Crippen LogP contribution is 1.97. The third-order valence-corrected chi connectivity index (χ3v) is 3.25. The molecule has 0 unspecified atom stereocenters. The number of thiocarbonyl (C=S) groups is 1. The van der Waals surface area contributed by atoms with E-state index in [4.69, 9.17) is 17.0 Å². The van der Waals surface area contributed by atoms with Crippen LogP contribution in [0.15, 0.2) is 30.3 Å². The van der Waals surface area contributed by atoms with Crippen molar-refractivity contribution in [3.63, 3.8) is 0 Å². The lowest BCUT2D eigenvalue weighted by Crippen LogP contribution is -2.52. The van der Waals surface area contributed by atoms with Gasteiger partial charge in [0.2, 0.25) is 0 Å². The van der Waals surface area contributed by atoms with Crippen LogP contribution in [0.25, 0.3) is 0 Å².